The lowest BCUT2D eigenvalue weighted by molar-refractivity contribution is 0.410. The second-order valence-corrected chi connectivity index (χ2v) is 4.60. The zero-order valence-corrected chi connectivity index (χ0v) is 10.4. The lowest BCUT2D eigenvalue weighted by Crippen LogP contribution is -2.04. The van der Waals surface area contributed by atoms with Crippen molar-refractivity contribution in [2.45, 2.75) is 6.54 Å². The van der Waals surface area contributed by atoms with Crippen molar-refractivity contribution in [2.24, 2.45) is 0 Å². The topological polar surface area (TPSA) is 69.9 Å². The molecule has 0 aliphatic rings. The van der Waals surface area contributed by atoms with Gasteiger partial charge in [-0.15, -0.1) is 0 Å². The second kappa shape index (κ2) is 3.89. The van der Waals surface area contributed by atoms with E-state index in [9.17, 15) is 0 Å². The largest absolute Gasteiger partial charge is 0.369 e. The van der Waals surface area contributed by atoms with Crippen molar-refractivity contribution in [3.05, 3.63) is 40.7 Å². The van der Waals surface area contributed by atoms with E-state index in [2.05, 4.69) is 26.1 Å². The van der Waals surface area contributed by atoms with E-state index in [0.29, 0.717) is 12.5 Å². The Kier molecular flexibility index (Phi) is 2.36. The van der Waals surface area contributed by atoms with Gasteiger partial charge in [-0.1, -0.05) is 21.1 Å². The summed E-state index contributed by atoms with van der Waals surface area (Å²) in [6.45, 7) is 0.556. The summed E-state index contributed by atoms with van der Waals surface area (Å²) >= 11 is 3.41. The summed E-state index contributed by atoms with van der Waals surface area (Å²) in [4.78, 5) is 4.31. The van der Waals surface area contributed by atoms with Gasteiger partial charge in [-0.3, -0.25) is 0 Å². The zero-order valence-electron chi connectivity index (χ0n) is 8.80. The van der Waals surface area contributed by atoms with E-state index in [0.717, 1.165) is 21.2 Å². The molecule has 0 amide bonds. The molecule has 0 saturated heterocycles. The van der Waals surface area contributed by atoms with Gasteiger partial charge in [0, 0.05) is 10.5 Å². The van der Waals surface area contributed by atoms with Crippen molar-refractivity contribution in [2.75, 3.05) is 5.73 Å². The summed E-state index contributed by atoms with van der Waals surface area (Å²) in [6, 6.07) is 7.68. The number of nitrogens with two attached hydrogens (primary N) is 1. The normalized spacial score (nSPS) is 11.1. The number of nitrogens with zero attached hydrogens (tertiary/aromatic N) is 3. The van der Waals surface area contributed by atoms with Crippen LogP contribution in [-0.4, -0.2) is 14.7 Å². The third-order valence-electron chi connectivity index (χ3n) is 2.55. The fourth-order valence-electron chi connectivity index (χ4n) is 1.77. The minimum atomic E-state index is 0.473. The van der Waals surface area contributed by atoms with E-state index in [1.54, 1.807) is 6.26 Å². The summed E-state index contributed by atoms with van der Waals surface area (Å²) in [5.74, 6) is 0.473. The van der Waals surface area contributed by atoms with Gasteiger partial charge in [0.2, 0.25) is 5.95 Å². The first-order valence-electron chi connectivity index (χ1n) is 5.04. The van der Waals surface area contributed by atoms with Gasteiger partial charge in [0.1, 0.15) is 12.0 Å². The van der Waals surface area contributed by atoms with Gasteiger partial charge in [-0.25, -0.2) is 4.98 Å². The fourth-order valence-corrected chi connectivity index (χ4v) is 2.12. The molecule has 0 aliphatic heterocycles. The maximum absolute atomic E-state index is 5.90. The van der Waals surface area contributed by atoms with Crippen LogP contribution in [0.3, 0.4) is 0 Å². The summed E-state index contributed by atoms with van der Waals surface area (Å²) in [5.41, 5.74) is 8.56. The van der Waals surface area contributed by atoms with Crippen LogP contribution in [0.1, 0.15) is 5.69 Å². The predicted octanol–water partition coefficient (Wildman–Crippen LogP) is 2.42. The number of anilines is 1. The van der Waals surface area contributed by atoms with Crippen LogP contribution in [-0.2, 0) is 6.54 Å². The molecule has 86 valence electrons. The lowest BCUT2D eigenvalue weighted by Gasteiger charge is -2.03. The average Bonchev–Trinajstić information content (AvgIpc) is 2.88. The number of nitrogen functional groups attached to an aromatic ring is 1. The van der Waals surface area contributed by atoms with Crippen LogP contribution < -0.4 is 5.73 Å². The van der Waals surface area contributed by atoms with E-state index in [4.69, 9.17) is 10.3 Å². The van der Waals surface area contributed by atoms with Crippen LogP contribution >= 0.6 is 15.9 Å². The van der Waals surface area contributed by atoms with Crippen molar-refractivity contribution in [1.29, 1.82) is 0 Å². The summed E-state index contributed by atoms with van der Waals surface area (Å²) in [7, 11) is 0. The fraction of sp³-hybridized carbons (Fsp3) is 0.0909. The minimum Gasteiger partial charge on any atom is -0.369 e. The summed E-state index contributed by atoms with van der Waals surface area (Å²) in [5, 5.41) is 3.87. The Bertz CT molecular complexity index is 659. The van der Waals surface area contributed by atoms with E-state index >= 15 is 0 Å². The number of imidazole rings is 1. The first-order chi connectivity index (χ1) is 8.24. The zero-order chi connectivity index (χ0) is 11.8. The van der Waals surface area contributed by atoms with Crippen LogP contribution in [0.5, 0.6) is 0 Å². The minimum absolute atomic E-state index is 0.473. The Morgan fingerprint density at radius 3 is 3.00 bits per heavy atom. The molecule has 0 aliphatic carbocycles. The molecule has 0 radical (unpaired) electrons. The van der Waals surface area contributed by atoms with E-state index in [1.165, 1.54) is 0 Å². The monoisotopic (exact) mass is 292 g/mol. The van der Waals surface area contributed by atoms with Crippen molar-refractivity contribution in [3.8, 4) is 0 Å². The van der Waals surface area contributed by atoms with Crippen molar-refractivity contribution in [1.82, 2.24) is 14.7 Å². The molecule has 17 heavy (non-hydrogen) atoms. The summed E-state index contributed by atoms with van der Waals surface area (Å²) in [6.07, 6.45) is 1.54. The average molecular weight is 293 g/mol. The van der Waals surface area contributed by atoms with Gasteiger partial charge >= 0.3 is 0 Å². The Hall–Kier alpha value is -1.82. The molecule has 0 bridgehead atoms. The molecule has 3 aromatic rings. The SMILES string of the molecule is Nc1nc2cc(Br)ccc2n1Cc1ccon1. The van der Waals surface area contributed by atoms with Crippen molar-refractivity contribution < 1.29 is 4.52 Å². The molecule has 0 saturated carbocycles. The second-order valence-electron chi connectivity index (χ2n) is 3.68. The highest BCUT2D eigenvalue weighted by Crippen LogP contribution is 2.22. The first kappa shape index (κ1) is 10.3. The van der Waals surface area contributed by atoms with Gasteiger partial charge in [0.25, 0.3) is 0 Å². The smallest absolute Gasteiger partial charge is 0.201 e. The molecule has 6 heteroatoms. The predicted molar refractivity (Wildman–Crippen MR) is 67.5 cm³/mol. The highest BCUT2D eigenvalue weighted by molar-refractivity contribution is 9.10. The van der Waals surface area contributed by atoms with Crippen LogP contribution in [0.25, 0.3) is 11.0 Å². The van der Waals surface area contributed by atoms with Crippen molar-refractivity contribution in [3.63, 3.8) is 0 Å². The number of rotatable bonds is 2. The maximum atomic E-state index is 5.90. The third-order valence-corrected chi connectivity index (χ3v) is 3.04. The molecule has 0 fully saturated rings. The number of hydrogen-bond acceptors (Lipinski definition) is 4. The molecule has 2 heterocycles. The molecule has 3 rings (SSSR count). The summed E-state index contributed by atoms with van der Waals surface area (Å²) < 4.78 is 7.69. The Morgan fingerprint density at radius 1 is 1.35 bits per heavy atom. The lowest BCUT2D eigenvalue weighted by atomic mass is 10.3. The molecule has 2 N–H and O–H groups in total. The molecule has 1 aromatic carbocycles. The molecule has 0 spiro atoms. The Balaban J connectivity index is 2.12. The Morgan fingerprint density at radius 2 is 2.24 bits per heavy atom. The van der Waals surface area contributed by atoms with Crippen LogP contribution in [0, 0.1) is 0 Å². The van der Waals surface area contributed by atoms with E-state index in [-0.39, 0.29) is 0 Å². The van der Waals surface area contributed by atoms with Gasteiger partial charge in [0.05, 0.1) is 17.6 Å². The van der Waals surface area contributed by atoms with Crippen LogP contribution in [0.15, 0.2) is 39.5 Å². The maximum Gasteiger partial charge on any atom is 0.201 e. The van der Waals surface area contributed by atoms with E-state index < -0.39 is 0 Å². The highest BCUT2D eigenvalue weighted by Gasteiger charge is 2.09. The number of fused-ring (bicyclic) bond motifs is 1. The third kappa shape index (κ3) is 1.80. The van der Waals surface area contributed by atoms with Gasteiger partial charge in [-0.05, 0) is 18.2 Å². The highest BCUT2D eigenvalue weighted by atomic mass is 79.9. The van der Waals surface area contributed by atoms with Gasteiger partial charge in [-0.2, -0.15) is 0 Å². The van der Waals surface area contributed by atoms with E-state index in [1.807, 2.05) is 28.8 Å². The molecular formula is C11H9BrN4O. The number of halogens is 1. The molecule has 5 nitrogen and oxygen atoms in total. The van der Waals surface area contributed by atoms with Crippen LogP contribution in [0.2, 0.25) is 0 Å². The Labute approximate surface area is 105 Å². The molecule has 0 atom stereocenters. The molecule has 0 unspecified atom stereocenters. The first-order valence-corrected chi connectivity index (χ1v) is 5.84. The quantitative estimate of drug-likeness (QED) is 0.787. The standard InChI is InChI=1S/C11H9BrN4O/c12-7-1-2-10-9(5-7)14-11(13)16(10)6-8-3-4-17-15-8/h1-5H,6H2,(H2,13,14). The van der Waals surface area contributed by atoms with Gasteiger partial charge in [0.15, 0.2) is 0 Å². The van der Waals surface area contributed by atoms with Crippen molar-refractivity contribution >= 4 is 32.9 Å². The molecular weight excluding hydrogens is 284 g/mol. The van der Waals surface area contributed by atoms with Crippen LogP contribution in [0.4, 0.5) is 5.95 Å². The number of benzene rings is 1. The van der Waals surface area contributed by atoms with Gasteiger partial charge < -0.3 is 14.8 Å². The number of hydrogen-bond donors (Lipinski definition) is 1. The molecule has 2 aromatic heterocycles. The number of aromatic nitrogens is 3.